The molecule has 0 unspecified atom stereocenters. The zero-order valence-electron chi connectivity index (χ0n) is 11.2. The normalized spacial score (nSPS) is 19.2. The van der Waals surface area contributed by atoms with E-state index in [-0.39, 0.29) is 4.90 Å². The number of rotatable bonds is 7. The molecule has 0 aliphatic heterocycles. The molecule has 0 radical (unpaired) electrons. The predicted molar refractivity (Wildman–Crippen MR) is 74.2 cm³/mol. The Bertz CT molecular complexity index is 595. The Labute approximate surface area is 118 Å². The van der Waals surface area contributed by atoms with Gasteiger partial charge in [-0.25, -0.2) is 17.5 Å². The van der Waals surface area contributed by atoms with Gasteiger partial charge >= 0.3 is 0 Å². The molecular weight excluding hydrogens is 279 g/mol. The van der Waals surface area contributed by atoms with Crippen LogP contribution in [0.3, 0.4) is 0 Å². The molecule has 0 heterocycles. The maximum Gasteiger partial charge on any atom is 0.241 e. The molecule has 0 amide bonds. The van der Waals surface area contributed by atoms with E-state index in [1.807, 2.05) is 0 Å². The number of benzene rings is 1. The van der Waals surface area contributed by atoms with Gasteiger partial charge in [0, 0.05) is 19.1 Å². The molecule has 0 saturated heterocycles. The standard InChI is InChI=1S/C14H19FN2O2S/c15-12-4-3-11(9-16-13-5-6-13)14(7-12)20(18,19)17-8-10-1-2-10/h3-4,7,10,13,16-17H,1-2,5-6,8-9H2. The molecule has 0 aromatic heterocycles. The molecule has 1 aromatic rings. The van der Waals surface area contributed by atoms with E-state index in [1.54, 1.807) is 6.07 Å². The zero-order chi connectivity index (χ0) is 14.2. The lowest BCUT2D eigenvalue weighted by Gasteiger charge is -2.12. The molecule has 1 aromatic carbocycles. The summed E-state index contributed by atoms with van der Waals surface area (Å²) in [6.07, 6.45) is 4.40. The van der Waals surface area contributed by atoms with Crippen molar-refractivity contribution in [1.29, 1.82) is 0 Å². The Morgan fingerprint density at radius 3 is 2.60 bits per heavy atom. The van der Waals surface area contributed by atoms with Gasteiger partial charge in [0.15, 0.2) is 0 Å². The third-order valence-corrected chi connectivity index (χ3v) is 5.24. The van der Waals surface area contributed by atoms with Crippen molar-refractivity contribution in [3.05, 3.63) is 29.6 Å². The van der Waals surface area contributed by atoms with E-state index < -0.39 is 15.8 Å². The maximum atomic E-state index is 13.4. The fraction of sp³-hybridized carbons (Fsp3) is 0.571. The Morgan fingerprint density at radius 1 is 1.20 bits per heavy atom. The number of halogens is 1. The molecule has 0 spiro atoms. The average Bonchev–Trinajstić information content (AvgIpc) is 3.27. The van der Waals surface area contributed by atoms with Gasteiger partial charge in [-0.1, -0.05) is 6.07 Å². The van der Waals surface area contributed by atoms with Crippen molar-refractivity contribution in [3.63, 3.8) is 0 Å². The zero-order valence-corrected chi connectivity index (χ0v) is 12.0. The molecule has 2 N–H and O–H groups in total. The van der Waals surface area contributed by atoms with Crippen molar-refractivity contribution in [2.24, 2.45) is 5.92 Å². The SMILES string of the molecule is O=S(=O)(NCC1CC1)c1cc(F)ccc1CNC1CC1. The van der Waals surface area contributed by atoms with Gasteiger partial charge in [-0.15, -0.1) is 0 Å². The molecular formula is C14H19FN2O2S. The predicted octanol–water partition coefficient (Wildman–Crippen LogP) is 1.77. The van der Waals surface area contributed by atoms with E-state index in [4.69, 9.17) is 0 Å². The third-order valence-electron chi connectivity index (χ3n) is 3.74. The molecule has 0 bridgehead atoms. The minimum Gasteiger partial charge on any atom is -0.310 e. The van der Waals surface area contributed by atoms with E-state index in [0.29, 0.717) is 30.6 Å². The van der Waals surface area contributed by atoms with Gasteiger partial charge in [0.2, 0.25) is 10.0 Å². The summed E-state index contributed by atoms with van der Waals surface area (Å²) in [6, 6.07) is 4.45. The van der Waals surface area contributed by atoms with Crippen LogP contribution in [0, 0.1) is 11.7 Å². The lowest BCUT2D eigenvalue weighted by molar-refractivity contribution is 0.569. The Balaban J connectivity index is 1.78. The van der Waals surface area contributed by atoms with Gasteiger partial charge in [-0.05, 0) is 49.3 Å². The number of hydrogen-bond acceptors (Lipinski definition) is 3. The van der Waals surface area contributed by atoms with Crippen LogP contribution in [0.25, 0.3) is 0 Å². The molecule has 2 fully saturated rings. The molecule has 2 saturated carbocycles. The highest BCUT2D eigenvalue weighted by atomic mass is 32.2. The minimum absolute atomic E-state index is 0.0614. The van der Waals surface area contributed by atoms with Crippen LogP contribution >= 0.6 is 0 Å². The molecule has 3 rings (SSSR count). The van der Waals surface area contributed by atoms with Gasteiger partial charge in [0.25, 0.3) is 0 Å². The first kappa shape index (κ1) is 14.0. The monoisotopic (exact) mass is 298 g/mol. The Morgan fingerprint density at radius 2 is 1.95 bits per heavy atom. The van der Waals surface area contributed by atoms with Crippen LogP contribution in [0.5, 0.6) is 0 Å². The fourth-order valence-corrected chi connectivity index (χ4v) is 3.46. The van der Waals surface area contributed by atoms with E-state index in [1.165, 1.54) is 6.07 Å². The van der Waals surface area contributed by atoms with Gasteiger partial charge in [0.05, 0.1) is 4.90 Å². The summed E-state index contributed by atoms with van der Waals surface area (Å²) in [5.41, 5.74) is 0.626. The summed E-state index contributed by atoms with van der Waals surface area (Å²) in [6.45, 7) is 0.916. The lowest BCUT2D eigenvalue weighted by Crippen LogP contribution is -2.28. The van der Waals surface area contributed by atoms with Gasteiger partial charge in [-0.2, -0.15) is 0 Å². The topological polar surface area (TPSA) is 58.2 Å². The fourth-order valence-electron chi connectivity index (χ4n) is 2.09. The summed E-state index contributed by atoms with van der Waals surface area (Å²) in [4.78, 5) is 0.0614. The van der Waals surface area contributed by atoms with Gasteiger partial charge in [-0.3, -0.25) is 0 Å². The second-order valence-corrected chi connectivity index (χ2v) is 7.44. The Hall–Kier alpha value is -0.980. The second kappa shape index (κ2) is 5.42. The quantitative estimate of drug-likeness (QED) is 0.806. The number of sulfonamides is 1. The van der Waals surface area contributed by atoms with Crippen LogP contribution in [0.2, 0.25) is 0 Å². The highest BCUT2D eigenvalue weighted by Gasteiger charge is 2.26. The van der Waals surface area contributed by atoms with Crippen molar-refractivity contribution in [2.75, 3.05) is 6.54 Å². The maximum absolute atomic E-state index is 13.4. The first-order chi connectivity index (χ1) is 9.54. The smallest absolute Gasteiger partial charge is 0.241 e. The van der Waals surface area contributed by atoms with Crippen LogP contribution in [0.15, 0.2) is 23.1 Å². The van der Waals surface area contributed by atoms with Crippen molar-refractivity contribution in [1.82, 2.24) is 10.0 Å². The first-order valence-corrected chi connectivity index (χ1v) is 8.54. The van der Waals surface area contributed by atoms with E-state index >= 15 is 0 Å². The summed E-state index contributed by atoms with van der Waals surface area (Å²) in [7, 11) is -3.63. The summed E-state index contributed by atoms with van der Waals surface area (Å²) in [5.74, 6) is -0.0710. The van der Waals surface area contributed by atoms with Gasteiger partial charge in [0.1, 0.15) is 5.82 Å². The van der Waals surface area contributed by atoms with E-state index in [2.05, 4.69) is 10.0 Å². The molecule has 110 valence electrons. The Kier molecular flexibility index (Phi) is 3.79. The minimum atomic E-state index is -3.63. The highest BCUT2D eigenvalue weighted by molar-refractivity contribution is 7.89. The molecule has 2 aliphatic carbocycles. The van der Waals surface area contributed by atoms with Crippen LogP contribution in [0.4, 0.5) is 4.39 Å². The van der Waals surface area contributed by atoms with Crippen LogP contribution in [-0.2, 0) is 16.6 Å². The molecule has 4 nitrogen and oxygen atoms in total. The van der Waals surface area contributed by atoms with Gasteiger partial charge < -0.3 is 5.32 Å². The lowest BCUT2D eigenvalue weighted by atomic mass is 10.2. The second-order valence-electron chi connectivity index (χ2n) is 5.70. The van der Waals surface area contributed by atoms with Crippen molar-refractivity contribution >= 4 is 10.0 Å². The summed E-state index contributed by atoms with van der Waals surface area (Å²) < 4.78 is 40.6. The average molecular weight is 298 g/mol. The summed E-state index contributed by atoms with van der Waals surface area (Å²) in [5, 5.41) is 3.27. The van der Waals surface area contributed by atoms with Crippen molar-refractivity contribution < 1.29 is 12.8 Å². The number of nitrogens with one attached hydrogen (secondary N) is 2. The number of hydrogen-bond donors (Lipinski definition) is 2. The van der Waals surface area contributed by atoms with E-state index in [0.717, 1.165) is 31.7 Å². The summed E-state index contributed by atoms with van der Waals surface area (Å²) >= 11 is 0. The third kappa shape index (κ3) is 3.56. The first-order valence-electron chi connectivity index (χ1n) is 7.06. The molecule has 0 atom stereocenters. The van der Waals surface area contributed by atoms with Crippen LogP contribution < -0.4 is 10.0 Å². The van der Waals surface area contributed by atoms with Crippen LogP contribution in [0.1, 0.15) is 31.2 Å². The molecule has 2 aliphatic rings. The highest BCUT2D eigenvalue weighted by Crippen LogP contribution is 2.28. The van der Waals surface area contributed by atoms with Crippen LogP contribution in [-0.4, -0.2) is 21.0 Å². The van der Waals surface area contributed by atoms with Crippen molar-refractivity contribution in [3.8, 4) is 0 Å². The molecule has 6 heteroatoms. The van der Waals surface area contributed by atoms with Crippen molar-refractivity contribution in [2.45, 2.75) is 43.2 Å². The largest absolute Gasteiger partial charge is 0.310 e. The molecule has 20 heavy (non-hydrogen) atoms. The van der Waals surface area contributed by atoms with E-state index in [9.17, 15) is 12.8 Å².